The maximum absolute atomic E-state index is 9.45. The molecule has 1 N–H and O–H groups in total. The zero-order valence-electron chi connectivity index (χ0n) is 10.8. The second-order valence-electron chi connectivity index (χ2n) is 4.49. The Kier molecular flexibility index (Phi) is 3.94. The van der Waals surface area contributed by atoms with E-state index in [4.69, 9.17) is 16.1 Å². The molecule has 1 aromatic heterocycles. The minimum Gasteiger partial charge on any atom is -0.508 e. The molecule has 6 heteroatoms. The van der Waals surface area contributed by atoms with Gasteiger partial charge in [0, 0.05) is 10.0 Å². The summed E-state index contributed by atoms with van der Waals surface area (Å²) in [6.07, 6.45) is 0.468. The fraction of sp³-hybridized carbons (Fsp3) is 0.0667. The van der Waals surface area contributed by atoms with Gasteiger partial charge in [-0.05, 0) is 51.8 Å². The molecule has 1 heterocycles. The summed E-state index contributed by atoms with van der Waals surface area (Å²) in [5.74, 6) is 1.21. The third kappa shape index (κ3) is 3.25. The highest BCUT2D eigenvalue weighted by Crippen LogP contribution is 2.27. The molecule has 0 fully saturated rings. The lowest BCUT2D eigenvalue weighted by molar-refractivity contribution is 0.385. The Bertz CT molecular complexity index is 789. The maximum Gasteiger partial charge on any atom is 0.231 e. The maximum atomic E-state index is 9.45. The number of hydrogen-bond donors (Lipinski definition) is 1. The molecule has 106 valence electrons. The fourth-order valence-electron chi connectivity index (χ4n) is 1.92. The monoisotopic (exact) mass is 364 g/mol. The highest BCUT2D eigenvalue weighted by molar-refractivity contribution is 9.10. The van der Waals surface area contributed by atoms with E-state index in [0.29, 0.717) is 23.2 Å². The van der Waals surface area contributed by atoms with Gasteiger partial charge in [0.25, 0.3) is 0 Å². The Labute approximate surface area is 134 Å². The van der Waals surface area contributed by atoms with Gasteiger partial charge in [0.1, 0.15) is 5.75 Å². The van der Waals surface area contributed by atoms with Crippen molar-refractivity contribution in [1.29, 1.82) is 0 Å². The Hall–Kier alpha value is -1.85. The molecule has 4 nitrogen and oxygen atoms in total. The summed E-state index contributed by atoms with van der Waals surface area (Å²) in [6, 6.07) is 12.4. The van der Waals surface area contributed by atoms with E-state index in [0.717, 1.165) is 15.6 Å². The molecule has 21 heavy (non-hydrogen) atoms. The first-order chi connectivity index (χ1) is 10.1. The predicted molar refractivity (Wildman–Crippen MR) is 83.4 cm³/mol. The number of phenols is 1. The Balaban J connectivity index is 1.84. The van der Waals surface area contributed by atoms with Crippen LogP contribution in [-0.4, -0.2) is 15.2 Å². The summed E-state index contributed by atoms with van der Waals surface area (Å²) in [7, 11) is 0. The predicted octanol–water partition coefficient (Wildman–Crippen LogP) is 4.45. The molecule has 0 atom stereocenters. The van der Waals surface area contributed by atoms with Crippen LogP contribution in [0.5, 0.6) is 5.75 Å². The topological polar surface area (TPSA) is 59.2 Å². The first kappa shape index (κ1) is 14.1. The zero-order valence-corrected chi connectivity index (χ0v) is 13.1. The van der Waals surface area contributed by atoms with Gasteiger partial charge in [-0.15, -0.1) is 0 Å². The Morgan fingerprint density at radius 1 is 1.19 bits per heavy atom. The molecule has 0 saturated heterocycles. The number of halogens is 2. The second kappa shape index (κ2) is 5.87. The second-order valence-corrected chi connectivity index (χ2v) is 5.75. The lowest BCUT2D eigenvalue weighted by atomic mass is 10.1. The average Bonchev–Trinajstić information content (AvgIpc) is 2.90. The van der Waals surface area contributed by atoms with Crippen molar-refractivity contribution in [3.8, 4) is 17.1 Å². The van der Waals surface area contributed by atoms with E-state index in [1.165, 1.54) is 0 Å². The number of aromatic nitrogens is 2. The Morgan fingerprint density at radius 2 is 2.05 bits per heavy atom. The molecule has 3 aromatic rings. The summed E-state index contributed by atoms with van der Waals surface area (Å²) < 4.78 is 6.02. The van der Waals surface area contributed by atoms with Crippen molar-refractivity contribution in [2.24, 2.45) is 0 Å². The smallest absolute Gasteiger partial charge is 0.231 e. The largest absolute Gasteiger partial charge is 0.508 e. The van der Waals surface area contributed by atoms with Gasteiger partial charge >= 0.3 is 0 Å². The summed E-state index contributed by atoms with van der Waals surface area (Å²) in [5, 5.41) is 14.0. The van der Waals surface area contributed by atoms with Gasteiger partial charge in [-0.1, -0.05) is 28.9 Å². The molecule has 3 rings (SSSR count). The quantitative estimate of drug-likeness (QED) is 0.745. The third-order valence-corrected chi connectivity index (χ3v) is 4.13. The van der Waals surface area contributed by atoms with Crippen LogP contribution < -0.4 is 0 Å². The van der Waals surface area contributed by atoms with Gasteiger partial charge < -0.3 is 9.63 Å². The number of benzene rings is 2. The van der Waals surface area contributed by atoms with Crippen molar-refractivity contribution in [2.45, 2.75) is 6.42 Å². The van der Waals surface area contributed by atoms with Crippen molar-refractivity contribution >= 4 is 27.5 Å². The Morgan fingerprint density at radius 3 is 2.81 bits per heavy atom. The van der Waals surface area contributed by atoms with Crippen LogP contribution >= 0.6 is 27.5 Å². The van der Waals surface area contributed by atoms with E-state index in [-0.39, 0.29) is 5.75 Å². The molecule has 0 aliphatic rings. The highest BCUT2D eigenvalue weighted by Gasteiger charge is 2.10. The first-order valence-corrected chi connectivity index (χ1v) is 7.35. The lowest BCUT2D eigenvalue weighted by Gasteiger charge is -1.98. The number of hydrogen-bond acceptors (Lipinski definition) is 4. The number of aromatic hydroxyl groups is 1. The number of phenolic OH excluding ortho intramolecular Hbond substituents is 1. The minimum absolute atomic E-state index is 0.217. The molecule has 0 saturated carbocycles. The zero-order chi connectivity index (χ0) is 14.8. The van der Waals surface area contributed by atoms with E-state index < -0.39 is 0 Å². The van der Waals surface area contributed by atoms with Crippen LogP contribution in [0.15, 0.2) is 51.5 Å². The molecule has 0 aliphatic carbocycles. The fourth-order valence-corrected chi connectivity index (χ4v) is 2.42. The summed E-state index contributed by atoms with van der Waals surface area (Å²) in [6.45, 7) is 0. The van der Waals surface area contributed by atoms with Gasteiger partial charge in [0.2, 0.25) is 11.7 Å². The molecular weight excluding hydrogens is 356 g/mol. The molecule has 0 radical (unpaired) electrons. The van der Waals surface area contributed by atoms with Crippen molar-refractivity contribution in [3.63, 3.8) is 0 Å². The third-order valence-electron chi connectivity index (χ3n) is 2.91. The molecular formula is C15H10BrClN2O2. The first-order valence-electron chi connectivity index (χ1n) is 6.18. The van der Waals surface area contributed by atoms with E-state index >= 15 is 0 Å². The van der Waals surface area contributed by atoms with E-state index in [2.05, 4.69) is 26.1 Å². The SMILES string of the molecule is Oc1cccc(Cc2nc(-c3ccc(Cl)c(Br)c3)no2)c1. The summed E-state index contributed by atoms with van der Waals surface area (Å²) >= 11 is 9.33. The molecule has 0 aliphatic heterocycles. The van der Waals surface area contributed by atoms with Gasteiger partial charge in [-0.2, -0.15) is 4.98 Å². The van der Waals surface area contributed by atoms with E-state index in [1.807, 2.05) is 18.2 Å². The summed E-state index contributed by atoms with van der Waals surface area (Å²) in [5.41, 5.74) is 1.72. The van der Waals surface area contributed by atoms with E-state index in [1.54, 1.807) is 24.3 Å². The van der Waals surface area contributed by atoms with Crippen LogP contribution in [0.4, 0.5) is 0 Å². The van der Waals surface area contributed by atoms with Crippen LogP contribution in [0, 0.1) is 0 Å². The molecule has 0 amide bonds. The van der Waals surface area contributed by atoms with Crippen LogP contribution in [-0.2, 0) is 6.42 Å². The van der Waals surface area contributed by atoms with Crippen LogP contribution in [0.1, 0.15) is 11.5 Å². The summed E-state index contributed by atoms with van der Waals surface area (Å²) in [4.78, 5) is 4.35. The van der Waals surface area contributed by atoms with Gasteiger partial charge in [-0.25, -0.2) is 0 Å². The van der Waals surface area contributed by atoms with Crippen LogP contribution in [0.25, 0.3) is 11.4 Å². The van der Waals surface area contributed by atoms with Crippen molar-refractivity contribution in [3.05, 3.63) is 63.4 Å². The normalized spacial score (nSPS) is 10.8. The molecule has 0 bridgehead atoms. The average molecular weight is 366 g/mol. The molecule has 0 unspecified atom stereocenters. The molecule has 2 aromatic carbocycles. The van der Waals surface area contributed by atoms with Crippen molar-refractivity contribution in [1.82, 2.24) is 10.1 Å². The van der Waals surface area contributed by atoms with Crippen LogP contribution in [0.2, 0.25) is 5.02 Å². The van der Waals surface area contributed by atoms with Crippen molar-refractivity contribution < 1.29 is 9.63 Å². The molecule has 0 spiro atoms. The minimum atomic E-state index is 0.217. The highest BCUT2D eigenvalue weighted by atomic mass is 79.9. The standard InChI is InChI=1S/C15H10BrClN2O2/c16-12-8-10(4-5-13(12)17)15-18-14(21-19-15)7-9-2-1-3-11(20)6-9/h1-6,8,20H,7H2. The van der Waals surface area contributed by atoms with Gasteiger partial charge in [0.15, 0.2) is 0 Å². The van der Waals surface area contributed by atoms with Gasteiger partial charge in [-0.3, -0.25) is 0 Å². The van der Waals surface area contributed by atoms with Gasteiger partial charge in [0.05, 0.1) is 11.4 Å². The lowest BCUT2D eigenvalue weighted by Crippen LogP contribution is -1.88. The number of rotatable bonds is 3. The van der Waals surface area contributed by atoms with Crippen molar-refractivity contribution in [2.75, 3.05) is 0 Å². The number of nitrogens with zero attached hydrogens (tertiary/aromatic N) is 2. The van der Waals surface area contributed by atoms with E-state index in [9.17, 15) is 5.11 Å². The van der Waals surface area contributed by atoms with Crippen LogP contribution in [0.3, 0.4) is 0 Å².